The number of carbonyl (C=O) groups excluding carboxylic acids is 1. The Labute approximate surface area is 49.1 Å². The van der Waals surface area contributed by atoms with Crippen molar-refractivity contribution in [3.63, 3.8) is 0 Å². The fraction of sp³-hybridized carbons (Fsp3) is 0.857. The van der Waals surface area contributed by atoms with Crippen molar-refractivity contribution in [1.82, 2.24) is 0 Å². The van der Waals surface area contributed by atoms with Gasteiger partial charge in [0.1, 0.15) is 5.78 Å². The second-order valence-electron chi connectivity index (χ2n) is 3.13. The number of Topliss-reactive ketones (excluding diaryl/α,β-unsaturated/α-hetero) is 1. The zero-order valence-corrected chi connectivity index (χ0v) is 5.05. The zero-order chi connectivity index (χ0) is 5.72. The van der Waals surface area contributed by atoms with Crippen LogP contribution in [-0.2, 0) is 4.79 Å². The summed E-state index contributed by atoms with van der Waals surface area (Å²) in [5, 5.41) is 0. The highest BCUT2D eigenvalue weighted by atomic mass is 16.1. The lowest BCUT2D eigenvalue weighted by Gasteiger charge is -1.90. The summed E-state index contributed by atoms with van der Waals surface area (Å²) in [6, 6.07) is 0. The highest BCUT2D eigenvalue weighted by Gasteiger charge is 2.52. The van der Waals surface area contributed by atoms with Crippen LogP contribution >= 0.6 is 0 Å². The molecule has 0 aromatic heterocycles. The van der Waals surface area contributed by atoms with Gasteiger partial charge >= 0.3 is 0 Å². The molecule has 2 unspecified atom stereocenters. The molecule has 1 heteroatoms. The van der Waals surface area contributed by atoms with Crippen LogP contribution in [0.15, 0.2) is 0 Å². The Morgan fingerprint density at radius 2 is 1.88 bits per heavy atom. The molecule has 2 fully saturated rings. The van der Waals surface area contributed by atoms with Gasteiger partial charge in [0.05, 0.1) is 0 Å². The van der Waals surface area contributed by atoms with Crippen LogP contribution in [0.5, 0.6) is 0 Å². The van der Waals surface area contributed by atoms with Gasteiger partial charge < -0.3 is 0 Å². The van der Waals surface area contributed by atoms with Crippen molar-refractivity contribution in [2.75, 3.05) is 0 Å². The van der Waals surface area contributed by atoms with Crippen LogP contribution in [0, 0.1) is 17.8 Å². The lowest BCUT2D eigenvalue weighted by Crippen LogP contribution is -1.94. The van der Waals surface area contributed by atoms with Crippen LogP contribution in [-0.4, -0.2) is 5.78 Å². The van der Waals surface area contributed by atoms with Crippen LogP contribution in [0.25, 0.3) is 0 Å². The molecule has 0 bridgehead atoms. The third kappa shape index (κ3) is 0.396. The Balaban J connectivity index is 2.09. The first kappa shape index (κ1) is 4.54. The maximum absolute atomic E-state index is 10.6. The Hall–Kier alpha value is -0.330. The van der Waals surface area contributed by atoms with Gasteiger partial charge in [-0.15, -0.1) is 0 Å². The molecule has 8 heavy (non-hydrogen) atoms. The molecular formula is C7H10O. The van der Waals surface area contributed by atoms with Gasteiger partial charge in [0, 0.05) is 12.8 Å². The van der Waals surface area contributed by atoms with Gasteiger partial charge in [-0.25, -0.2) is 0 Å². The van der Waals surface area contributed by atoms with E-state index in [2.05, 4.69) is 6.92 Å². The molecule has 0 saturated heterocycles. The van der Waals surface area contributed by atoms with E-state index in [1.54, 1.807) is 0 Å². The number of hydrogen-bond acceptors (Lipinski definition) is 1. The van der Waals surface area contributed by atoms with E-state index in [-0.39, 0.29) is 0 Å². The van der Waals surface area contributed by atoms with Crippen molar-refractivity contribution in [3.05, 3.63) is 0 Å². The molecule has 2 aliphatic carbocycles. The molecule has 0 aromatic carbocycles. The number of fused-ring (bicyclic) bond motifs is 1. The van der Waals surface area contributed by atoms with Crippen molar-refractivity contribution in [2.45, 2.75) is 19.8 Å². The van der Waals surface area contributed by atoms with Crippen molar-refractivity contribution < 1.29 is 4.79 Å². The average Bonchev–Trinajstić information content (AvgIpc) is 2.29. The summed E-state index contributed by atoms with van der Waals surface area (Å²) in [6.45, 7) is 2.25. The first-order valence-electron chi connectivity index (χ1n) is 3.31. The minimum absolute atomic E-state index is 0.498. The Morgan fingerprint density at radius 3 is 2.25 bits per heavy atom. The van der Waals surface area contributed by atoms with Gasteiger partial charge in [-0.2, -0.15) is 0 Å². The standard InChI is InChI=1S/C7H10O/c1-4-6-2-5(8)3-7(4)6/h4,6-7H,2-3H2,1H3/t4?,6-,7?/m1/s1. The molecule has 2 rings (SSSR count). The summed E-state index contributed by atoms with van der Waals surface area (Å²) in [6.07, 6.45) is 1.79. The average molecular weight is 110 g/mol. The molecule has 1 nitrogen and oxygen atoms in total. The lowest BCUT2D eigenvalue weighted by molar-refractivity contribution is -0.118. The van der Waals surface area contributed by atoms with Gasteiger partial charge in [0.15, 0.2) is 0 Å². The molecule has 44 valence electrons. The maximum atomic E-state index is 10.6. The third-order valence-electron chi connectivity index (χ3n) is 2.69. The fourth-order valence-corrected chi connectivity index (χ4v) is 1.92. The SMILES string of the molecule is CC1C2CC(=O)C[C@H]12. The predicted molar refractivity (Wildman–Crippen MR) is 30.4 cm³/mol. The van der Waals surface area contributed by atoms with E-state index in [4.69, 9.17) is 0 Å². The zero-order valence-electron chi connectivity index (χ0n) is 5.05. The van der Waals surface area contributed by atoms with Crippen LogP contribution in [0.3, 0.4) is 0 Å². The number of hydrogen-bond donors (Lipinski definition) is 0. The van der Waals surface area contributed by atoms with Crippen LogP contribution in [0.4, 0.5) is 0 Å². The molecule has 0 spiro atoms. The lowest BCUT2D eigenvalue weighted by atomic mass is 10.1. The summed E-state index contributed by atoms with van der Waals surface area (Å²) in [7, 11) is 0. The van der Waals surface area contributed by atoms with Crippen LogP contribution in [0.2, 0.25) is 0 Å². The summed E-state index contributed by atoms with van der Waals surface area (Å²) >= 11 is 0. The molecule has 2 saturated carbocycles. The fourth-order valence-electron chi connectivity index (χ4n) is 1.92. The van der Waals surface area contributed by atoms with Gasteiger partial charge in [-0.3, -0.25) is 4.79 Å². The summed E-state index contributed by atoms with van der Waals surface area (Å²) in [4.78, 5) is 10.6. The van der Waals surface area contributed by atoms with E-state index >= 15 is 0 Å². The quantitative estimate of drug-likeness (QED) is 0.458. The number of carbonyl (C=O) groups is 1. The maximum Gasteiger partial charge on any atom is 0.133 e. The second-order valence-corrected chi connectivity index (χ2v) is 3.13. The first-order chi connectivity index (χ1) is 3.79. The van der Waals surface area contributed by atoms with Crippen molar-refractivity contribution in [3.8, 4) is 0 Å². The minimum atomic E-state index is 0.498. The Kier molecular flexibility index (Phi) is 0.651. The molecule has 0 amide bonds. The Morgan fingerprint density at radius 1 is 1.38 bits per heavy atom. The smallest absolute Gasteiger partial charge is 0.133 e. The molecule has 0 N–H and O–H groups in total. The number of ketones is 1. The minimum Gasteiger partial charge on any atom is -0.300 e. The topological polar surface area (TPSA) is 17.1 Å². The molecule has 2 aliphatic rings. The van der Waals surface area contributed by atoms with Crippen molar-refractivity contribution in [2.24, 2.45) is 17.8 Å². The van der Waals surface area contributed by atoms with E-state index in [1.165, 1.54) is 0 Å². The van der Waals surface area contributed by atoms with E-state index in [9.17, 15) is 4.79 Å². The molecule has 3 atom stereocenters. The number of rotatable bonds is 0. The molecule has 0 heterocycles. The monoisotopic (exact) mass is 110 g/mol. The molecular weight excluding hydrogens is 100 g/mol. The summed E-state index contributed by atoms with van der Waals surface area (Å²) in [5.74, 6) is 3.00. The highest BCUT2D eigenvalue weighted by molar-refractivity contribution is 5.82. The summed E-state index contributed by atoms with van der Waals surface area (Å²) < 4.78 is 0. The van der Waals surface area contributed by atoms with Gasteiger partial charge in [0.25, 0.3) is 0 Å². The van der Waals surface area contributed by atoms with Gasteiger partial charge in [-0.05, 0) is 17.8 Å². The molecule has 0 aromatic rings. The van der Waals surface area contributed by atoms with Crippen LogP contribution in [0.1, 0.15) is 19.8 Å². The van der Waals surface area contributed by atoms with Crippen LogP contribution < -0.4 is 0 Å². The van der Waals surface area contributed by atoms with Crippen molar-refractivity contribution in [1.29, 1.82) is 0 Å². The van der Waals surface area contributed by atoms with Gasteiger partial charge in [0.2, 0.25) is 0 Å². The van der Waals surface area contributed by atoms with E-state index in [0.29, 0.717) is 5.78 Å². The third-order valence-corrected chi connectivity index (χ3v) is 2.69. The second kappa shape index (κ2) is 1.15. The highest BCUT2D eigenvalue weighted by Crippen LogP contribution is 2.55. The van der Waals surface area contributed by atoms with Gasteiger partial charge in [-0.1, -0.05) is 6.92 Å². The molecule has 0 aliphatic heterocycles. The van der Waals surface area contributed by atoms with E-state index in [0.717, 1.165) is 30.6 Å². The summed E-state index contributed by atoms with van der Waals surface area (Å²) in [5.41, 5.74) is 0. The van der Waals surface area contributed by atoms with Crippen molar-refractivity contribution >= 4 is 5.78 Å². The normalized spacial score (nSPS) is 51.6. The predicted octanol–water partition coefficient (Wildman–Crippen LogP) is 1.23. The van der Waals surface area contributed by atoms with E-state index < -0.39 is 0 Å². The first-order valence-corrected chi connectivity index (χ1v) is 3.31. The Bertz CT molecular complexity index is 125. The largest absolute Gasteiger partial charge is 0.300 e. The van der Waals surface area contributed by atoms with E-state index in [1.807, 2.05) is 0 Å². The molecule has 0 radical (unpaired) electrons.